The maximum atomic E-state index is 13.9. The van der Waals surface area contributed by atoms with Gasteiger partial charge in [-0.05, 0) is 37.8 Å². The molecular formula is C17H27FN2O. The molecule has 1 amide bonds. The zero-order chi connectivity index (χ0) is 15.8. The zero-order valence-corrected chi connectivity index (χ0v) is 13.5. The van der Waals surface area contributed by atoms with E-state index in [4.69, 9.17) is 0 Å². The Labute approximate surface area is 127 Å². The number of nitrogens with one attached hydrogen (secondary N) is 2. The van der Waals surface area contributed by atoms with Crippen molar-refractivity contribution in [2.75, 3.05) is 11.9 Å². The van der Waals surface area contributed by atoms with Gasteiger partial charge in [0.05, 0.1) is 11.3 Å². The number of amides is 1. The molecule has 1 aromatic carbocycles. The molecule has 0 aromatic heterocycles. The van der Waals surface area contributed by atoms with Crippen molar-refractivity contribution in [3.8, 4) is 0 Å². The summed E-state index contributed by atoms with van der Waals surface area (Å²) in [6, 6.07) is 4.68. The Morgan fingerprint density at radius 3 is 2.62 bits per heavy atom. The Morgan fingerprint density at radius 2 is 2.00 bits per heavy atom. The molecule has 0 aliphatic carbocycles. The lowest BCUT2D eigenvalue weighted by atomic mass is 10.00. The number of benzene rings is 1. The highest BCUT2D eigenvalue weighted by atomic mass is 19.1. The number of para-hydroxylation sites is 1. The molecule has 1 aromatic rings. The van der Waals surface area contributed by atoms with Gasteiger partial charge in [-0.3, -0.25) is 4.79 Å². The van der Waals surface area contributed by atoms with E-state index in [1.165, 1.54) is 6.07 Å². The quantitative estimate of drug-likeness (QED) is 0.754. The summed E-state index contributed by atoms with van der Waals surface area (Å²) in [5.41, 5.74) is 0.673. The highest BCUT2D eigenvalue weighted by Gasteiger charge is 2.17. The second-order valence-corrected chi connectivity index (χ2v) is 5.71. The fraction of sp³-hybridized carbons (Fsp3) is 0.588. The number of hydrogen-bond acceptors (Lipinski definition) is 2. The van der Waals surface area contributed by atoms with E-state index in [2.05, 4.69) is 24.5 Å². The molecule has 0 radical (unpaired) electrons. The molecule has 2 N–H and O–H groups in total. The van der Waals surface area contributed by atoms with Gasteiger partial charge in [-0.2, -0.15) is 0 Å². The summed E-state index contributed by atoms with van der Waals surface area (Å²) in [7, 11) is 0. The van der Waals surface area contributed by atoms with Crippen LogP contribution in [0.1, 0.15) is 57.3 Å². The third-order valence-corrected chi connectivity index (χ3v) is 3.64. The summed E-state index contributed by atoms with van der Waals surface area (Å²) in [5.74, 6) is -0.0416. The summed E-state index contributed by atoms with van der Waals surface area (Å²) in [4.78, 5) is 12.3. The smallest absolute Gasteiger partial charge is 0.253 e. The monoisotopic (exact) mass is 294 g/mol. The molecule has 1 rings (SSSR count). The first-order chi connectivity index (χ1) is 9.99. The van der Waals surface area contributed by atoms with E-state index in [1.54, 1.807) is 12.1 Å². The van der Waals surface area contributed by atoms with Crippen molar-refractivity contribution in [3.63, 3.8) is 0 Å². The lowest BCUT2D eigenvalue weighted by Crippen LogP contribution is -2.34. The molecule has 0 saturated heterocycles. The van der Waals surface area contributed by atoms with Crippen LogP contribution < -0.4 is 10.6 Å². The van der Waals surface area contributed by atoms with Crippen LogP contribution in [-0.4, -0.2) is 18.5 Å². The van der Waals surface area contributed by atoms with Gasteiger partial charge >= 0.3 is 0 Å². The first-order valence-electron chi connectivity index (χ1n) is 7.82. The molecule has 0 spiro atoms. The molecule has 0 saturated carbocycles. The Morgan fingerprint density at radius 1 is 1.29 bits per heavy atom. The van der Waals surface area contributed by atoms with Crippen molar-refractivity contribution >= 4 is 11.6 Å². The van der Waals surface area contributed by atoms with E-state index >= 15 is 0 Å². The Bertz CT molecular complexity index is 462. The van der Waals surface area contributed by atoms with Gasteiger partial charge in [-0.15, -0.1) is 0 Å². The third-order valence-electron chi connectivity index (χ3n) is 3.64. The van der Waals surface area contributed by atoms with Gasteiger partial charge in [0, 0.05) is 12.6 Å². The first-order valence-corrected chi connectivity index (χ1v) is 7.82. The summed E-state index contributed by atoms with van der Waals surface area (Å²) >= 11 is 0. The third kappa shape index (κ3) is 5.37. The zero-order valence-electron chi connectivity index (χ0n) is 13.5. The fourth-order valence-electron chi connectivity index (χ4n) is 2.27. The molecule has 3 nitrogen and oxygen atoms in total. The van der Waals surface area contributed by atoms with Gasteiger partial charge in [-0.1, -0.05) is 33.3 Å². The topological polar surface area (TPSA) is 41.1 Å². The van der Waals surface area contributed by atoms with E-state index in [9.17, 15) is 9.18 Å². The van der Waals surface area contributed by atoms with Gasteiger partial charge in [0.25, 0.3) is 5.91 Å². The molecular weight excluding hydrogens is 267 g/mol. The summed E-state index contributed by atoms with van der Waals surface area (Å²) in [5, 5.41) is 5.96. The van der Waals surface area contributed by atoms with E-state index in [0.717, 1.165) is 19.3 Å². The number of carbonyl (C=O) groups excluding carboxylic acids is 1. The predicted molar refractivity (Wildman–Crippen MR) is 86.2 cm³/mol. The van der Waals surface area contributed by atoms with Crippen LogP contribution in [0, 0.1) is 11.7 Å². The lowest BCUT2D eigenvalue weighted by Gasteiger charge is -2.19. The number of carbonyl (C=O) groups is 1. The normalized spacial score (nSPS) is 13.6. The Kier molecular flexibility index (Phi) is 7.20. The summed E-state index contributed by atoms with van der Waals surface area (Å²) in [6.45, 7) is 8.94. The molecule has 0 aliphatic rings. The second kappa shape index (κ2) is 8.65. The molecule has 2 atom stereocenters. The maximum absolute atomic E-state index is 13.9. The standard InChI is InChI=1S/C17H27FN2O/c1-5-10-19-16-14(8-7-9-15(16)18)17(21)20-13(4)11-12(3)6-2/h7-9,12-13,19H,5-6,10-11H2,1-4H3,(H,20,21). The van der Waals surface area contributed by atoms with E-state index < -0.39 is 0 Å². The Balaban J connectivity index is 2.79. The van der Waals surface area contributed by atoms with Crippen molar-refractivity contribution in [3.05, 3.63) is 29.6 Å². The van der Waals surface area contributed by atoms with Crippen molar-refractivity contribution in [2.45, 2.75) is 53.0 Å². The number of halogens is 1. The molecule has 0 aliphatic heterocycles. The molecule has 4 heteroatoms. The van der Waals surface area contributed by atoms with Crippen LogP contribution in [0.15, 0.2) is 18.2 Å². The highest BCUT2D eigenvalue weighted by Crippen LogP contribution is 2.20. The van der Waals surface area contributed by atoms with Crippen molar-refractivity contribution in [1.82, 2.24) is 5.32 Å². The second-order valence-electron chi connectivity index (χ2n) is 5.71. The van der Waals surface area contributed by atoms with Gasteiger partial charge in [0.15, 0.2) is 0 Å². The van der Waals surface area contributed by atoms with Crippen LogP contribution in [-0.2, 0) is 0 Å². The molecule has 0 fully saturated rings. The number of rotatable bonds is 8. The van der Waals surface area contributed by atoms with Crippen LogP contribution in [0.4, 0.5) is 10.1 Å². The summed E-state index contributed by atoms with van der Waals surface area (Å²) < 4.78 is 13.9. The minimum Gasteiger partial charge on any atom is -0.382 e. The van der Waals surface area contributed by atoms with Crippen molar-refractivity contribution < 1.29 is 9.18 Å². The van der Waals surface area contributed by atoms with Crippen molar-refractivity contribution in [2.24, 2.45) is 5.92 Å². The molecule has 21 heavy (non-hydrogen) atoms. The summed E-state index contributed by atoms with van der Waals surface area (Å²) in [6.07, 6.45) is 2.89. The average Bonchev–Trinajstić information content (AvgIpc) is 2.45. The van der Waals surface area contributed by atoms with Crippen molar-refractivity contribution in [1.29, 1.82) is 0 Å². The minimum atomic E-state index is -0.384. The first kappa shape index (κ1) is 17.5. The largest absolute Gasteiger partial charge is 0.382 e. The maximum Gasteiger partial charge on any atom is 0.253 e. The average molecular weight is 294 g/mol. The van der Waals surface area contributed by atoms with Gasteiger partial charge in [-0.25, -0.2) is 4.39 Å². The van der Waals surface area contributed by atoms with E-state index in [1.807, 2.05) is 13.8 Å². The minimum absolute atomic E-state index is 0.0785. The molecule has 118 valence electrons. The van der Waals surface area contributed by atoms with Crippen LogP contribution in [0.3, 0.4) is 0 Å². The van der Waals surface area contributed by atoms with Crippen LogP contribution >= 0.6 is 0 Å². The highest BCUT2D eigenvalue weighted by molar-refractivity contribution is 5.99. The number of hydrogen-bond donors (Lipinski definition) is 2. The fourth-order valence-corrected chi connectivity index (χ4v) is 2.27. The lowest BCUT2D eigenvalue weighted by molar-refractivity contribution is 0.0936. The molecule has 0 heterocycles. The predicted octanol–water partition coefficient (Wildman–Crippen LogP) is 4.20. The van der Waals surface area contributed by atoms with Crippen LogP contribution in [0.5, 0.6) is 0 Å². The molecule has 0 bridgehead atoms. The SMILES string of the molecule is CCCNc1c(F)cccc1C(=O)NC(C)CC(C)CC. The van der Waals surface area contributed by atoms with Gasteiger partial charge in [0.1, 0.15) is 5.82 Å². The van der Waals surface area contributed by atoms with Crippen LogP contribution in [0.25, 0.3) is 0 Å². The van der Waals surface area contributed by atoms with E-state index in [0.29, 0.717) is 23.7 Å². The van der Waals surface area contributed by atoms with Gasteiger partial charge in [0.2, 0.25) is 0 Å². The van der Waals surface area contributed by atoms with Gasteiger partial charge < -0.3 is 10.6 Å². The molecule has 2 unspecified atom stereocenters. The number of anilines is 1. The Hall–Kier alpha value is -1.58. The van der Waals surface area contributed by atoms with E-state index in [-0.39, 0.29) is 17.8 Å². The van der Waals surface area contributed by atoms with Crippen LogP contribution in [0.2, 0.25) is 0 Å².